The fourth-order valence-electron chi connectivity index (χ4n) is 2.22. The third-order valence-corrected chi connectivity index (χ3v) is 4.66. The smallest absolute Gasteiger partial charge is 0.234 e. The fourth-order valence-corrected chi connectivity index (χ4v) is 2.83. The second-order valence-corrected chi connectivity index (χ2v) is 6.63. The van der Waals surface area contributed by atoms with Gasteiger partial charge >= 0.3 is 0 Å². The summed E-state index contributed by atoms with van der Waals surface area (Å²) in [6.07, 6.45) is 3.46. The van der Waals surface area contributed by atoms with Gasteiger partial charge in [0.15, 0.2) is 0 Å². The van der Waals surface area contributed by atoms with E-state index >= 15 is 0 Å². The highest BCUT2D eigenvalue weighted by Crippen LogP contribution is 2.20. The molecule has 0 aliphatic heterocycles. The Kier molecular flexibility index (Phi) is 5.40. The van der Waals surface area contributed by atoms with Crippen molar-refractivity contribution in [3.8, 4) is 11.3 Å². The number of hydrogen-bond acceptors (Lipinski definition) is 5. The van der Waals surface area contributed by atoms with Crippen LogP contribution in [0.3, 0.4) is 0 Å². The molecule has 5 nitrogen and oxygen atoms in total. The maximum Gasteiger partial charge on any atom is 0.234 e. The third kappa shape index (κ3) is 4.64. The van der Waals surface area contributed by atoms with Gasteiger partial charge in [0.2, 0.25) is 5.91 Å². The summed E-state index contributed by atoms with van der Waals surface area (Å²) in [5, 5.41) is 12.0. The largest absolute Gasteiger partial charge is 0.325 e. The molecule has 0 fully saturated rings. The van der Waals surface area contributed by atoms with Crippen LogP contribution in [0.4, 0.5) is 5.69 Å². The number of hydrogen-bond donors (Lipinski definition) is 1. The molecule has 0 spiro atoms. The first-order valence-corrected chi connectivity index (χ1v) is 8.84. The standard InChI is InChI=1S/C19H18N4OS/c1-13-5-6-16(10-14(13)2)21-18(24)12-25-19-8-7-17(22-23-19)15-4-3-9-20-11-15/h3-11H,12H2,1-2H3,(H,21,24). The highest BCUT2D eigenvalue weighted by molar-refractivity contribution is 7.99. The summed E-state index contributed by atoms with van der Waals surface area (Å²) >= 11 is 1.36. The number of aromatic nitrogens is 3. The SMILES string of the molecule is Cc1ccc(NC(=O)CSc2ccc(-c3cccnc3)nn2)cc1C. The van der Waals surface area contributed by atoms with Crippen LogP contribution in [-0.2, 0) is 4.79 Å². The molecule has 3 aromatic rings. The molecule has 0 radical (unpaired) electrons. The second kappa shape index (κ2) is 7.90. The quantitative estimate of drug-likeness (QED) is 0.707. The molecule has 1 amide bonds. The fraction of sp³-hybridized carbons (Fsp3) is 0.158. The molecule has 0 atom stereocenters. The normalized spacial score (nSPS) is 10.5. The average molecular weight is 350 g/mol. The zero-order chi connectivity index (χ0) is 17.6. The Morgan fingerprint density at radius 3 is 2.64 bits per heavy atom. The van der Waals surface area contributed by atoms with Crippen LogP contribution in [0.25, 0.3) is 11.3 Å². The number of rotatable bonds is 5. The lowest BCUT2D eigenvalue weighted by Crippen LogP contribution is -2.14. The third-order valence-electron chi connectivity index (χ3n) is 3.74. The van der Waals surface area contributed by atoms with E-state index in [-0.39, 0.29) is 11.7 Å². The highest BCUT2D eigenvalue weighted by Gasteiger charge is 2.07. The van der Waals surface area contributed by atoms with Crippen molar-refractivity contribution in [3.63, 3.8) is 0 Å². The number of anilines is 1. The van der Waals surface area contributed by atoms with Crippen LogP contribution in [-0.4, -0.2) is 26.8 Å². The van der Waals surface area contributed by atoms with Gasteiger partial charge in [0.25, 0.3) is 0 Å². The topological polar surface area (TPSA) is 67.8 Å². The molecule has 2 aromatic heterocycles. The highest BCUT2D eigenvalue weighted by atomic mass is 32.2. The minimum atomic E-state index is -0.0635. The molecule has 25 heavy (non-hydrogen) atoms. The van der Waals surface area contributed by atoms with Gasteiger partial charge in [-0.1, -0.05) is 17.8 Å². The summed E-state index contributed by atoms with van der Waals surface area (Å²) in [5.41, 5.74) is 4.85. The van der Waals surface area contributed by atoms with E-state index in [2.05, 4.69) is 20.5 Å². The molecule has 1 aromatic carbocycles. The summed E-state index contributed by atoms with van der Waals surface area (Å²) in [4.78, 5) is 16.2. The number of nitrogens with one attached hydrogen (secondary N) is 1. The van der Waals surface area contributed by atoms with Crippen molar-refractivity contribution in [1.29, 1.82) is 0 Å². The van der Waals surface area contributed by atoms with Gasteiger partial charge in [0.1, 0.15) is 5.03 Å². The van der Waals surface area contributed by atoms with E-state index in [4.69, 9.17) is 0 Å². The summed E-state index contributed by atoms with van der Waals surface area (Å²) in [6.45, 7) is 4.07. The molecular weight excluding hydrogens is 332 g/mol. The molecular formula is C19H18N4OS. The maximum absolute atomic E-state index is 12.1. The zero-order valence-corrected chi connectivity index (χ0v) is 14.9. The van der Waals surface area contributed by atoms with Gasteiger partial charge in [-0.15, -0.1) is 10.2 Å². The van der Waals surface area contributed by atoms with Crippen LogP contribution in [0, 0.1) is 13.8 Å². The van der Waals surface area contributed by atoms with Crippen LogP contribution in [0.1, 0.15) is 11.1 Å². The van der Waals surface area contributed by atoms with E-state index < -0.39 is 0 Å². The summed E-state index contributed by atoms with van der Waals surface area (Å²) in [6, 6.07) is 13.4. The van der Waals surface area contributed by atoms with Gasteiger partial charge in [-0.05, 0) is 61.4 Å². The predicted molar refractivity (Wildman–Crippen MR) is 101 cm³/mol. The second-order valence-electron chi connectivity index (χ2n) is 5.63. The Morgan fingerprint density at radius 1 is 1.08 bits per heavy atom. The summed E-state index contributed by atoms with van der Waals surface area (Å²) in [7, 11) is 0. The first-order chi connectivity index (χ1) is 12.1. The summed E-state index contributed by atoms with van der Waals surface area (Å²) in [5.74, 6) is 0.222. The van der Waals surface area contributed by atoms with Crippen LogP contribution < -0.4 is 5.32 Å². The molecule has 126 valence electrons. The summed E-state index contributed by atoms with van der Waals surface area (Å²) < 4.78 is 0. The monoisotopic (exact) mass is 350 g/mol. The molecule has 0 saturated heterocycles. The van der Waals surface area contributed by atoms with E-state index in [9.17, 15) is 4.79 Å². The average Bonchev–Trinajstić information content (AvgIpc) is 2.64. The number of carbonyl (C=O) groups excluding carboxylic acids is 1. The van der Waals surface area contributed by atoms with Crippen molar-refractivity contribution in [2.45, 2.75) is 18.9 Å². The molecule has 0 unspecified atom stereocenters. The molecule has 0 saturated carbocycles. The first-order valence-electron chi connectivity index (χ1n) is 7.86. The van der Waals surface area contributed by atoms with Crippen LogP contribution in [0.15, 0.2) is 59.9 Å². The zero-order valence-electron chi connectivity index (χ0n) is 14.1. The van der Waals surface area contributed by atoms with Crippen LogP contribution in [0.2, 0.25) is 0 Å². The Labute approximate surface area is 150 Å². The number of carbonyl (C=O) groups is 1. The minimum absolute atomic E-state index is 0.0635. The van der Waals surface area contributed by atoms with Crippen molar-refractivity contribution < 1.29 is 4.79 Å². The number of benzene rings is 1. The lowest BCUT2D eigenvalue weighted by atomic mass is 10.1. The number of thioether (sulfide) groups is 1. The van der Waals surface area contributed by atoms with E-state index in [1.807, 2.05) is 56.3 Å². The van der Waals surface area contributed by atoms with E-state index in [1.165, 1.54) is 17.3 Å². The Hall–Kier alpha value is -2.73. The number of amides is 1. The molecule has 1 N–H and O–H groups in total. The maximum atomic E-state index is 12.1. The first kappa shape index (κ1) is 17.1. The Balaban J connectivity index is 1.56. The van der Waals surface area contributed by atoms with E-state index in [0.29, 0.717) is 5.03 Å². The van der Waals surface area contributed by atoms with Crippen LogP contribution in [0.5, 0.6) is 0 Å². The van der Waals surface area contributed by atoms with Crippen molar-refractivity contribution >= 4 is 23.4 Å². The molecule has 6 heteroatoms. The van der Waals surface area contributed by atoms with Gasteiger partial charge in [-0.3, -0.25) is 9.78 Å². The van der Waals surface area contributed by atoms with Gasteiger partial charge in [0, 0.05) is 23.6 Å². The molecule has 0 bridgehead atoms. The minimum Gasteiger partial charge on any atom is -0.325 e. The van der Waals surface area contributed by atoms with Gasteiger partial charge in [-0.25, -0.2) is 0 Å². The van der Waals surface area contributed by atoms with E-state index in [0.717, 1.165) is 22.5 Å². The number of nitrogens with zero attached hydrogens (tertiary/aromatic N) is 3. The van der Waals surface area contributed by atoms with E-state index in [1.54, 1.807) is 12.4 Å². The van der Waals surface area contributed by atoms with Gasteiger partial charge in [0.05, 0.1) is 11.4 Å². The molecule has 3 rings (SSSR count). The Morgan fingerprint density at radius 2 is 1.96 bits per heavy atom. The van der Waals surface area contributed by atoms with Gasteiger partial charge in [-0.2, -0.15) is 0 Å². The van der Waals surface area contributed by atoms with Crippen molar-refractivity contribution in [2.75, 3.05) is 11.1 Å². The van der Waals surface area contributed by atoms with Crippen LogP contribution >= 0.6 is 11.8 Å². The number of pyridine rings is 1. The predicted octanol–water partition coefficient (Wildman–Crippen LogP) is 3.89. The lowest BCUT2D eigenvalue weighted by molar-refractivity contribution is -0.113. The molecule has 0 aliphatic carbocycles. The van der Waals surface area contributed by atoms with Crippen molar-refractivity contribution in [3.05, 3.63) is 66.0 Å². The molecule has 2 heterocycles. The van der Waals surface area contributed by atoms with Crippen molar-refractivity contribution in [2.24, 2.45) is 0 Å². The molecule has 0 aliphatic rings. The number of aryl methyl sites for hydroxylation is 2. The lowest BCUT2D eigenvalue weighted by Gasteiger charge is -2.07. The van der Waals surface area contributed by atoms with Gasteiger partial charge < -0.3 is 5.32 Å². The Bertz CT molecular complexity index is 866. The van der Waals surface area contributed by atoms with Crippen molar-refractivity contribution in [1.82, 2.24) is 15.2 Å².